The largest absolute Gasteiger partial charge is 0.393 e. The first kappa shape index (κ1) is 14.0. The van der Waals surface area contributed by atoms with Crippen molar-refractivity contribution in [1.82, 2.24) is 4.90 Å². The third-order valence-corrected chi connectivity index (χ3v) is 3.93. The highest BCUT2D eigenvalue weighted by Gasteiger charge is 2.27. The van der Waals surface area contributed by atoms with Gasteiger partial charge in [-0.1, -0.05) is 12.1 Å². The number of carbonyl (C=O) groups is 1. The molecule has 2 rings (SSSR count). The Labute approximate surface area is 113 Å². The van der Waals surface area contributed by atoms with Crippen molar-refractivity contribution in [3.05, 3.63) is 35.1 Å². The van der Waals surface area contributed by atoms with E-state index in [4.69, 9.17) is 0 Å². The summed E-state index contributed by atoms with van der Waals surface area (Å²) in [5, 5.41) is 9.54. The molecule has 1 saturated heterocycles. The van der Waals surface area contributed by atoms with Crippen LogP contribution in [0.25, 0.3) is 0 Å². The van der Waals surface area contributed by atoms with Gasteiger partial charge >= 0.3 is 0 Å². The van der Waals surface area contributed by atoms with Crippen LogP contribution in [0.5, 0.6) is 0 Å². The highest BCUT2D eigenvalue weighted by Crippen LogP contribution is 2.23. The van der Waals surface area contributed by atoms with Crippen molar-refractivity contribution >= 4 is 5.91 Å². The molecule has 1 amide bonds. The minimum absolute atomic E-state index is 0.149. The standard InChI is InChI=1S/C15H20FNO2/c1-10-4-3-5-13(14(10)16)15(19)17-8-6-12(7-9-17)11(2)18/h3-5,11-12,18H,6-9H2,1-2H3. The van der Waals surface area contributed by atoms with Crippen molar-refractivity contribution in [3.8, 4) is 0 Å². The Bertz CT molecular complexity index is 465. The zero-order valence-electron chi connectivity index (χ0n) is 11.4. The Morgan fingerprint density at radius 3 is 2.63 bits per heavy atom. The normalized spacial score (nSPS) is 18.4. The molecule has 1 unspecified atom stereocenters. The predicted octanol–water partition coefficient (Wildman–Crippen LogP) is 2.37. The van der Waals surface area contributed by atoms with Crippen molar-refractivity contribution in [2.75, 3.05) is 13.1 Å². The second-order valence-electron chi connectivity index (χ2n) is 5.31. The summed E-state index contributed by atoms with van der Waals surface area (Å²) in [7, 11) is 0. The summed E-state index contributed by atoms with van der Waals surface area (Å²) in [4.78, 5) is 14.0. The Morgan fingerprint density at radius 2 is 2.05 bits per heavy atom. The fourth-order valence-electron chi connectivity index (χ4n) is 2.57. The van der Waals surface area contributed by atoms with Crippen LogP contribution in [-0.2, 0) is 0 Å². The molecule has 0 bridgehead atoms. The SMILES string of the molecule is Cc1cccc(C(=O)N2CCC(C(C)O)CC2)c1F. The van der Waals surface area contributed by atoms with Crippen molar-refractivity contribution in [3.63, 3.8) is 0 Å². The average Bonchev–Trinajstić information content (AvgIpc) is 2.41. The molecule has 3 nitrogen and oxygen atoms in total. The Hall–Kier alpha value is -1.42. The lowest BCUT2D eigenvalue weighted by Crippen LogP contribution is -2.41. The fourth-order valence-corrected chi connectivity index (χ4v) is 2.57. The quantitative estimate of drug-likeness (QED) is 0.891. The third kappa shape index (κ3) is 2.95. The van der Waals surface area contributed by atoms with Gasteiger partial charge in [0.15, 0.2) is 0 Å². The molecular weight excluding hydrogens is 245 g/mol. The molecule has 1 atom stereocenters. The van der Waals surface area contributed by atoms with Crippen LogP contribution >= 0.6 is 0 Å². The van der Waals surface area contributed by atoms with E-state index >= 15 is 0 Å². The maximum absolute atomic E-state index is 13.9. The van der Waals surface area contributed by atoms with Gasteiger partial charge in [-0.15, -0.1) is 0 Å². The number of piperidine rings is 1. The zero-order valence-corrected chi connectivity index (χ0v) is 11.4. The molecule has 1 aromatic rings. The number of rotatable bonds is 2. The molecule has 1 aliphatic heterocycles. The van der Waals surface area contributed by atoms with E-state index in [1.807, 2.05) is 0 Å². The summed E-state index contributed by atoms with van der Waals surface area (Å²) in [6.07, 6.45) is 1.21. The topological polar surface area (TPSA) is 40.5 Å². The van der Waals surface area contributed by atoms with Crippen LogP contribution in [0.1, 0.15) is 35.7 Å². The summed E-state index contributed by atoms with van der Waals surface area (Å²) in [6, 6.07) is 4.89. The smallest absolute Gasteiger partial charge is 0.256 e. The second-order valence-corrected chi connectivity index (χ2v) is 5.31. The molecule has 0 saturated carbocycles. The molecule has 1 heterocycles. The molecule has 0 aromatic heterocycles. The number of hydrogen-bond donors (Lipinski definition) is 1. The fraction of sp³-hybridized carbons (Fsp3) is 0.533. The van der Waals surface area contributed by atoms with Gasteiger partial charge < -0.3 is 10.0 Å². The average molecular weight is 265 g/mol. The van der Waals surface area contributed by atoms with Gasteiger partial charge in [-0.3, -0.25) is 4.79 Å². The maximum atomic E-state index is 13.9. The molecule has 4 heteroatoms. The maximum Gasteiger partial charge on any atom is 0.256 e. The van der Waals surface area contributed by atoms with Crippen LogP contribution in [-0.4, -0.2) is 35.1 Å². The highest BCUT2D eigenvalue weighted by molar-refractivity contribution is 5.94. The van der Waals surface area contributed by atoms with E-state index in [9.17, 15) is 14.3 Å². The lowest BCUT2D eigenvalue weighted by Gasteiger charge is -2.33. The summed E-state index contributed by atoms with van der Waals surface area (Å²) in [6.45, 7) is 4.61. The minimum Gasteiger partial charge on any atom is -0.393 e. The minimum atomic E-state index is -0.426. The number of hydrogen-bond acceptors (Lipinski definition) is 2. The van der Waals surface area contributed by atoms with Crippen LogP contribution in [0.4, 0.5) is 4.39 Å². The summed E-state index contributed by atoms with van der Waals surface area (Å²) in [5.41, 5.74) is 0.639. The van der Waals surface area contributed by atoms with Gasteiger partial charge in [0, 0.05) is 13.1 Å². The lowest BCUT2D eigenvalue weighted by atomic mass is 9.92. The molecule has 0 aliphatic carbocycles. The van der Waals surface area contributed by atoms with Crippen molar-refractivity contribution in [2.24, 2.45) is 5.92 Å². The van der Waals surface area contributed by atoms with E-state index in [1.165, 1.54) is 6.07 Å². The van der Waals surface area contributed by atoms with E-state index in [2.05, 4.69) is 0 Å². The highest BCUT2D eigenvalue weighted by atomic mass is 19.1. The van der Waals surface area contributed by atoms with Crippen LogP contribution in [0.3, 0.4) is 0 Å². The molecule has 1 fully saturated rings. The summed E-state index contributed by atoms with van der Waals surface area (Å²) in [5.74, 6) is -0.429. The monoisotopic (exact) mass is 265 g/mol. The van der Waals surface area contributed by atoms with E-state index in [0.717, 1.165) is 12.8 Å². The van der Waals surface area contributed by atoms with E-state index in [-0.39, 0.29) is 23.5 Å². The molecule has 1 aromatic carbocycles. The van der Waals surface area contributed by atoms with Crippen LogP contribution < -0.4 is 0 Å². The van der Waals surface area contributed by atoms with Crippen LogP contribution in [0.15, 0.2) is 18.2 Å². The van der Waals surface area contributed by atoms with Crippen molar-refractivity contribution in [1.29, 1.82) is 0 Å². The summed E-state index contributed by atoms with van der Waals surface area (Å²) >= 11 is 0. The number of aliphatic hydroxyl groups excluding tert-OH is 1. The third-order valence-electron chi connectivity index (χ3n) is 3.93. The summed E-state index contributed by atoms with van der Waals surface area (Å²) < 4.78 is 13.9. The van der Waals surface area contributed by atoms with Gasteiger partial charge in [-0.05, 0) is 44.2 Å². The number of carbonyl (C=O) groups excluding carboxylic acids is 1. The Kier molecular flexibility index (Phi) is 4.20. The molecule has 1 aliphatic rings. The number of benzene rings is 1. The van der Waals surface area contributed by atoms with E-state index < -0.39 is 5.82 Å². The van der Waals surface area contributed by atoms with Crippen LogP contribution in [0, 0.1) is 18.7 Å². The zero-order chi connectivity index (χ0) is 14.0. The Morgan fingerprint density at radius 1 is 1.42 bits per heavy atom. The van der Waals surface area contributed by atoms with Crippen molar-refractivity contribution in [2.45, 2.75) is 32.8 Å². The van der Waals surface area contributed by atoms with Crippen LogP contribution in [0.2, 0.25) is 0 Å². The molecule has 0 radical (unpaired) electrons. The number of aliphatic hydroxyl groups is 1. The first-order valence-electron chi connectivity index (χ1n) is 6.73. The predicted molar refractivity (Wildman–Crippen MR) is 71.4 cm³/mol. The Balaban J connectivity index is 2.07. The number of likely N-dealkylation sites (tertiary alicyclic amines) is 1. The van der Waals surface area contributed by atoms with Gasteiger partial charge in [0.05, 0.1) is 11.7 Å². The molecular formula is C15H20FNO2. The first-order valence-corrected chi connectivity index (χ1v) is 6.73. The molecule has 1 N–H and O–H groups in total. The van der Waals surface area contributed by atoms with Gasteiger partial charge in [-0.25, -0.2) is 4.39 Å². The van der Waals surface area contributed by atoms with E-state index in [0.29, 0.717) is 18.7 Å². The molecule has 104 valence electrons. The van der Waals surface area contributed by atoms with Gasteiger partial charge in [0.25, 0.3) is 5.91 Å². The van der Waals surface area contributed by atoms with Gasteiger partial charge in [-0.2, -0.15) is 0 Å². The number of halogens is 1. The number of aryl methyl sites for hydroxylation is 1. The van der Waals surface area contributed by atoms with Crippen molar-refractivity contribution < 1.29 is 14.3 Å². The van der Waals surface area contributed by atoms with Gasteiger partial charge in [0.1, 0.15) is 5.82 Å². The first-order chi connectivity index (χ1) is 9.00. The molecule has 19 heavy (non-hydrogen) atoms. The molecule has 0 spiro atoms. The number of amides is 1. The lowest BCUT2D eigenvalue weighted by molar-refractivity contribution is 0.0518. The number of nitrogens with zero attached hydrogens (tertiary/aromatic N) is 1. The second kappa shape index (κ2) is 5.70. The van der Waals surface area contributed by atoms with E-state index in [1.54, 1.807) is 30.9 Å². The van der Waals surface area contributed by atoms with Gasteiger partial charge in [0.2, 0.25) is 0 Å².